The number of piperazine rings is 1. The number of aromatic nitrogens is 3. The van der Waals surface area contributed by atoms with Crippen molar-refractivity contribution in [2.75, 3.05) is 62.6 Å². The standard InChI is InChI=1S/C43H51F3N8O4/c44-43(45,46)33-3-1-2-31(21-33)40(57)50-42-48-37-20-30(6-10-38(37)54(42)34-7-4-29(27-55)5-8-34)26-52-18-16-51(17-19-52)25-28-12-14-53(15-13-28)35-22-32(23-47-24-35)36-9-11-39(56)49-41(36)58/h1-3,6,10,20-24,28-29,34,36,55H,4-5,7-9,11-19,25-27H2,(H,48,50,57)(H,49,56,58). The van der Waals surface area contributed by atoms with Gasteiger partial charge in [-0.3, -0.25) is 34.9 Å². The zero-order valence-corrected chi connectivity index (χ0v) is 32.6. The molecule has 308 valence electrons. The minimum Gasteiger partial charge on any atom is -0.396 e. The van der Waals surface area contributed by atoms with Crippen LogP contribution in [0, 0.1) is 11.8 Å². The highest BCUT2D eigenvalue weighted by atomic mass is 19.4. The Bertz CT molecular complexity index is 2120. The van der Waals surface area contributed by atoms with Crippen molar-refractivity contribution >= 4 is 40.4 Å². The van der Waals surface area contributed by atoms with Crippen LogP contribution in [0.4, 0.5) is 24.8 Å². The van der Waals surface area contributed by atoms with Crippen molar-refractivity contribution in [3.05, 3.63) is 83.2 Å². The molecule has 1 atom stereocenters. The summed E-state index contributed by atoms with van der Waals surface area (Å²) in [6.07, 6.45) is 5.34. The monoisotopic (exact) mass is 800 g/mol. The molecule has 1 unspecified atom stereocenters. The number of halogens is 3. The number of carbonyl (C=O) groups excluding carboxylic acids is 3. The van der Waals surface area contributed by atoms with Crippen LogP contribution in [0.5, 0.6) is 0 Å². The number of nitrogens with zero attached hydrogens (tertiary/aromatic N) is 6. The third-order valence-electron chi connectivity index (χ3n) is 12.6. The molecule has 0 spiro atoms. The molecule has 2 aromatic heterocycles. The summed E-state index contributed by atoms with van der Waals surface area (Å²) in [5, 5.41) is 15.0. The SMILES string of the molecule is O=C1CCC(c2cncc(N3CCC(CN4CCN(Cc5ccc6c(c5)nc(NC(=O)c5cccc(C(F)(F)F)c5)n6C5CCC(CO)CC5)CC4)CC3)c2)C(=O)N1. The molecule has 2 aromatic carbocycles. The Labute approximate surface area is 335 Å². The van der Waals surface area contributed by atoms with Gasteiger partial charge in [-0.1, -0.05) is 12.1 Å². The van der Waals surface area contributed by atoms with Gasteiger partial charge in [-0.25, -0.2) is 4.98 Å². The molecule has 3 saturated heterocycles. The minimum atomic E-state index is -4.56. The van der Waals surface area contributed by atoms with E-state index in [1.54, 1.807) is 6.20 Å². The number of pyridine rings is 1. The summed E-state index contributed by atoms with van der Waals surface area (Å²) in [6.45, 7) is 7.68. The second kappa shape index (κ2) is 17.2. The first-order valence-corrected chi connectivity index (χ1v) is 20.6. The van der Waals surface area contributed by atoms with Crippen LogP contribution >= 0.6 is 0 Å². The Kier molecular flexibility index (Phi) is 11.8. The summed E-state index contributed by atoms with van der Waals surface area (Å²) < 4.78 is 42.3. The zero-order valence-electron chi connectivity index (χ0n) is 32.6. The van der Waals surface area contributed by atoms with Crippen molar-refractivity contribution < 1.29 is 32.7 Å². The van der Waals surface area contributed by atoms with Gasteiger partial charge in [0.15, 0.2) is 0 Å². The molecule has 3 N–H and O–H groups in total. The predicted octanol–water partition coefficient (Wildman–Crippen LogP) is 5.98. The number of hydrogen-bond acceptors (Lipinski definition) is 9. The van der Waals surface area contributed by atoms with Crippen molar-refractivity contribution in [2.45, 2.75) is 76.0 Å². The van der Waals surface area contributed by atoms with Crippen LogP contribution < -0.4 is 15.5 Å². The fourth-order valence-corrected chi connectivity index (χ4v) is 9.24. The van der Waals surface area contributed by atoms with Crippen LogP contribution in [-0.4, -0.2) is 99.6 Å². The van der Waals surface area contributed by atoms with Gasteiger partial charge < -0.3 is 19.5 Å². The summed E-state index contributed by atoms with van der Waals surface area (Å²) in [5.41, 5.74) is 3.62. The molecule has 0 bridgehead atoms. The van der Waals surface area contributed by atoms with E-state index in [4.69, 9.17) is 4.98 Å². The van der Waals surface area contributed by atoms with Gasteiger partial charge in [0.2, 0.25) is 17.8 Å². The first-order chi connectivity index (χ1) is 28.0. The van der Waals surface area contributed by atoms with E-state index in [0.717, 1.165) is 131 Å². The molecule has 3 aliphatic heterocycles. The number of fused-ring (bicyclic) bond motifs is 1. The van der Waals surface area contributed by atoms with Gasteiger partial charge in [0.05, 0.1) is 34.4 Å². The van der Waals surface area contributed by atoms with Gasteiger partial charge in [0.25, 0.3) is 5.91 Å². The molecule has 1 aliphatic carbocycles. The highest BCUT2D eigenvalue weighted by Crippen LogP contribution is 2.38. The Morgan fingerprint density at radius 3 is 2.34 bits per heavy atom. The molecule has 5 heterocycles. The summed E-state index contributed by atoms with van der Waals surface area (Å²) in [6, 6.07) is 12.7. The summed E-state index contributed by atoms with van der Waals surface area (Å²) >= 11 is 0. The number of amides is 3. The van der Waals surface area contributed by atoms with E-state index in [-0.39, 0.29) is 41.9 Å². The normalized spacial score (nSPS) is 23.0. The number of piperidine rings is 2. The lowest BCUT2D eigenvalue weighted by Crippen LogP contribution is -2.48. The van der Waals surface area contributed by atoms with Gasteiger partial charge in [0, 0.05) is 83.2 Å². The predicted molar refractivity (Wildman–Crippen MR) is 213 cm³/mol. The first kappa shape index (κ1) is 39.9. The van der Waals surface area contributed by atoms with E-state index < -0.39 is 17.6 Å². The van der Waals surface area contributed by atoms with Crippen molar-refractivity contribution in [2.24, 2.45) is 11.8 Å². The van der Waals surface area contributed by atoms with E-state index in [0.29, 0.717) is 24.7 Å². The lowest BCUT2D eigenvalue weighted by molar-refractivity contribution is -0.138. The number of carbonyl (C=O) groups is 3. The van der Waals surface area contributed by atoms with Crippen LogP contribution in [0.15, 0.2) is 60.9 Å². The summed E-state index contributed by atoms with van der Waals surface area (Å²) in [4.78, 5) is 54.0. The third kappa shape index (κ3) is 9.06. The number of aliphatic hydroxyl groups is 1. The van der Waals surface area contributed by atoms with E-state index in [9.17, 15) is 32.7 Å². The van der Waals surface area contributed by atoms with Crippen LogP contribution in [0.1, 0.15) is 90.4 Å². The van der Waals surface area contributed by atoms with E-state index in [2.05, 4.69) is 48.5 Å². The number of benzene rings is 2. The topological polar surface area (TPSA) is 136 Å². The summed E-state index contributed by atoms with van der Waals surface area (Å²) in [5.74, 6) is -0.291. The highest BCUT2D eigenvalue weighted by Gasteiger charge is 2.33. The highest BCUT2D eigenvalue weighted by molar-refractivity contribution is 6.04. The van der Waals surface area contributed by atoms with Crippen molar-refractivity contribution in [3.63, 3.8) is 0 Å². The number of imide groups is 1. The number of hydrogen-bond donors (Lipinski definition) is 3. The second-order valence-corrected chi connectivity index (χ2v) is 16.5. The maximum absolute atomic E-state index is 13.4. The van der Waals surface area contributed by atoms with Crippen molar-refractivity contribution in [1.29, 1.82) is 0 Å². The maximum Gasteiger partial charge on any atom is 0.416 e. The number of imidazole rings is 1. The fraction of sp³-hybridized carbons (Fsp3) is 0.512. The van der Waals surface area contributed by atoms with Gasteiger partial charge in [0.1, 0.15) is 0 Å². The number of anilines is 2. The van der Waals surface area contributed by atoms with E-state index in [1.807, 2.05) is 16.8 Å². The average molecular weight is 801 g/mol. The van der Waals surface area contributed by atoms with Gasteiger partial charge >= 0.3 is 6.18 Å². The maximum atomic E-state index is 13.4. The molecule has 1 saturated carbocycles. The quantitative estimate of drug-likeness (QED) is 0.166. The third-order valence-corrected chi connectivity index (χ3v) is 12.6. The van der Waals surface area contributed by atoms with Gasteiger partial charge in [-0.15, -0.1) is 0 Å². The molecule has 4 fully saturated rings. The molecular weight excluding hydrogens is 750 g/mol. The lowest BCUT2D eigenvalue weighted by atomic mass is 9.86. The number of aliphatic hydroxyl groups excluding tert-OH is 1. The van der Waals surface area contributed by atoms with Crippen LogP contribution in [0.25, 0.3) is 11.0 Å². The molecule has 4 aromatic rings. The number of rotatable bonds is 10. The smallest absolute Gasteiger partial charge is 0.396 e. The van der Waals surface area contributed by atoms with Crippen molar-refractivity contribution in [1.82, 2.24) is 29.7 Å². The Hall–Kier alpha value is -4.86. The van der Waals surface area contributed by atoms with Crippen LogP contribution in [0.2, 0.25) is 0 Å². The van der Waals surface area contributed by atoms with Crippen molar-refractivity contribution in [3.8, 4) is 0 Å². The second-order valence-electron chi connectivity index (χ2n) is 16.5. The molecular formula is C43H51F3N8O4. The fourth-order valence-electron chi connectivity index (χ4n) is 9.24. The molecule has 8 rings (SSSR count). The van der Waals surface area contributed by atoms with Gasteiger partial charge in [-0.2, -0.15) is 13.2 Å². The molecule has 0 radical (unpaired) electrons. The molecule has 15 heteroatoms. The Morgan fingerprint density at radius 1 is 0.862 bits per heavy atom. The largest absolute Gasteiger partial charge is 0.416 e. The first-order valence-electron chi connectivity index (χ1n) is 20.6. The Morgan fingerprint density at radius 2 is 1.62 bits per heavy atom. The average Bonchev–Trinajstić information content (AvgIpc) is 3.58. The molecule has 12 nitrogen and oxygen atoms in total. The van der Waals surface area contributed by atoms with Gasteiger partial charge in [-0.05, 0) is 104 Å². The van der Waals surface area contributed by atoms with E-state index in [1.165, 1.54) is 12.1 Å². The number of alkyl halides is 3. The summed E-state index contributed by atoms with van der Waals surface area (Å²) in [7, 11) is 0. The molecule has 58 heavy (non-hydrogen) atoms. The van der Waals surface area contributed by atoms with Crippen LogP contribution in [0.3, 0.4) is 0 Å². The van der Waals surface area contributed by atoms with Crippen LogP contribution in [-0.2, 0) is 22.3 Å². The minimum absolute atomic E-state index is 0.0315. The zero-order chi connectivity index (χ0) is 40.4. The lowest BCUT2D eigenvalue weighted by Gasteiger charge is -2.39. The Balaban J connectivity index is 0.867. The molecule has 3 amide bonds. The molecule has 4 aliphatic rings. The number of nitrogens with one attached hydrogen (secondary N) is 2. The van der Waals surface area contributed by atoms with E-state index >= 15 is 0 Å².